The van der Waals surface area contributed by atoms with E-state index >= 15 is 0 Å². The zero-order valence-corrected chi connectivity index (χ0v) is 10.8. The first-order chi connectivity index (χ1) is 8.00. The van der Waals surface area contributed by atoms with Crippen LogP contribution in [0.2, 0.25) is 0 Å². The molecule has 0 radical (unpaired) electrons. The molecule has 1 unspecified atom stereocenters. The van der Waals surface area contributed by atoms with Gasteiger partial charge in [0.15, 0.2) is 0 Å². The lowest BCUT2D eigenvalue weighted by molar-refractivity contribution is -0.144. The highest BCUT2D eigenvalue weighted by molar-refractivity contribution is 5.70. The van der Waals surface area contributed by atoms with E-state index in [2.05, 4.69) is 17.0 Å². The van der Waals surface area contributed by atoms with Crippen LogP contribution in [0.4, 0.5) is 0 Å². The number of rotatable bonds is 6. The highest BCUT2D eigenvalue weighted by Crippen LogP contribution is 2.13. The van der Waals surface area contributed by atoms with E-state index in [0.29, 0.717) is 6.54 Å². The van der Waals surface area contributed by atoms with E-state index in [4.69, 9.17) is 5.11 Å². The Labute approximate surface area is 103 Å². The molecule has 1 rings (SSSR count). The van der Waals surface area contributed by atoms with E-state index in [1.54, 1.807) is 0 Å². The van der Waals surface area contributed by atoms with Crippen LogP contribution in [0.5, 0.6) is 0 Å². The summed E-state index contributed by atoms with van der Waals surface area (Å²) in [6.07, 6.45) is 0. The highest BCUT2D eigenvalue weighted by atomic mass is 16.4. The summed E-state index contributed by atoms with van der Waals surface area (Å²) in [6.45, 7) is 5.28. The van der Waals surface area contributed by atoms with E-state index in [-0.39, 0.29) is 11.8 Å². The van der Waals surface area contributed by atoms with Crippen molar-refractivity contribution >= 4 is 5.97 Å². The lowest BCUT2D eigenvalue weighted by Gasteiger charge is -2.23. The number of carbonyl (C=O) groups is 1. The van der Waals surface area contributed by atoms with Crippen molar-refractivity contribution in [2.45, 2.75) is 20.4 Å². The second-order valence-electron chi connectivity index (χ2n) is 4.87. The molecule has 0 aliphatic rings. The Hall–Kier alpha value is -1.35. The fourth-order valence-electron chi connectivity index (χ4n) is 1.87. The number of carboxylic acids is 1. The van der Waals surface area contributed by atoms with E-state index in [1.165, 1.54) is 5.56 Å². The largest absolute Gasteiger partial charge is 0.481 e. The Kier molecular flexibility index (Phi) is 5.16. The van der Waals surface area contributed by atoms with Crippen LogP contribution < -0.4 is 0 Å². The molecule has 0 aliphatic heterocycles. The van der Waals surface area contributed by atoms with Gasteiger partial charge in [0.25, 0.3) is 0 Å². The smallest absolute Gasteiger partial charge is 0.308 e. The van der Waals surface area contributed by atoms with Crippen LogP contribution in [0.15, 0.2) is 30.3 Å². The predicted octanol–water partition coefficient (Wildman–Crippen LogP) is 2.48. The summed E-state index contributed by atoms with van der Waals surface area (Å²) in [4.78, 5) is 13.2. The van der Waals surface area contributed by atoms with Gasteiger partial charge in [0.2, 0.25) is 0 Å². The summed E-state index contributed by atoms with van der Waals surface area (Å²) in [5, 5.41) is 9.13. The van der Waals surface area contributed by atoms with Gasteiger partial charge in [0, 0.05) is 13.1 Å². The number of hydrogen-bond donors (Lipinski definition) is 1. The number of hydrogen-bond acceptors (Lipinski definition) is 2. The first-order valence-electron chi connectivity index (χ1n) is 5.96. The standard InChI is InChI=1S/C14H21NO2/c1-11(2)13(14(16)17)10-15(3)9-12-7-5-4-6-8-12/h4-8,11,13H,9-10H2,1-3H3,(H,16,17). The van der Waals surface area contributed by atoms with Crippen molar-refractivity contribution in [3.8, 4) is 0 Å². The van der Waals surface area contributed by atoms with Gasteiger partial charge in [-0.1, -0.05) is 44.2 Å². The normalized spacial score (nSPS) is 13.0. The number of benzene rings is 1. The van der Waals surface area contributed by atoms with E-state index in [1.807, 2.05) is 39.1 Å². The Morgan fingerprint density at radius 2 is 1.88 bits per heavy atom. The zero-order valence-electron chi connectivity index (χ0n) is 10.8. The van der Waals surface area contributed by atoms with Crippen LogP contribution in [0.1, 0.15) is 19.4 Å². The monoisotopic (exact) mass is 235 g/mol. The number of nitrogens with zero attached hydrogens (tertiary/aromatic N) is 1. The lowest BCUT2D eigenvalue weighted by Crippen LogP contribution is -2.33. The molecule has 1 aromatic rings. The van der Waals surface area contributed by atoms with Crippen molar-refractivity contribution in [2.24, 2.45) is 11.8 Å². The number of aliphatic carboxylic acids is 1. The molecule has 1 atom stereocenters. The molecule has 3 nitrogen and oxygen atoms in total. The average molecular weight is 235 g/mol. The Morgan fingerprint density at radius 3 is 2.35 bits per heavy atom. The molecule has 0 saturated carbocycles. The van der Waals surface area contributed by atoms with Crippen molar-refractivity contribution in [1.82, 2.24) is 4.90 Å². The SMILES string of the molecule is CC(C)C(CN(C)Cc1ccccc1)C(=O)O. The van der Waals surface area contributed by atoms with Crippen molar-refractivity contribution in [1.29, 1.82) is 0 Å². The summed E-state index contributed by atoms with van der Waals surface area (Å²) in [7, 11) is 1.96. The van der Waals surface area contributed by atoms with Gasteiger partial charge in [0.05, 0.1) is 5.92 Å². The van der Waals surface area contributed by atoms with Crippen LogP contribution in [0.25, 0.3) is 0 Å². The summed E-state index contributed by atoms with van der Waals surface area (Å²) in [5.74, 6) is -0.852. The van der Waals surface area contributed by atoms with E-state index < -0.39 is 5.97 Å². The van der Waals surface area contributed by atoms with Gasteiger partial charge >= 0.3 is 5.97 Å². The third-order valence-corrected chi connectivity index (χ3v) is 2.93. The van der Waals surface area contributed by atoms with Crippen molar-refractivity contribution in [3.63, 3.8) is 0 Å². The molecule has 3 heteroatoms. The van der Waals surface area contributed by atoms with Gasteiger partial charge in [-0.2, -0.15) is 0 Å². The fraction of sp³-hybridized carbons (Fsp3) is 0.500. The van der Waals surface area contributed by atoms with Crippen LogP contribution in [-0.2, 0) is 11.3 Å². The van der Waals surface area contributed by atoms with Gasteiger partial charge in [-0.25, -0.2) is 0 Å². The summed E-state index contributed by atoms with van der Waals surface area (Å²) >= 11 is 0. The number of carboxylic acid groups (broad SMARTS) is 1. The Balaban J connectivity index is 2.54. The predicted molar refractivity (Wildman–Crippen MR) is 68.7 cm³/mol. The first-order valence-corrected chi connectivity index (χ1v) is 5.96. The molecule has 0 saturated heterocycles. The molecule has 0 amide bonds. The molecular formula is C14H21NO2. The third-order valence-electron chi connectivity index (χ3n) is 2.93. The summed E-state index contributed by atoms with van der Waals surface area (Å²) in [5.41, 5.74) is 1.21. The topological polar surface area (TPSA) is 40.5 Å². The molecule has 1 aromatic carbocycles. The van der Waals surface area contributed by atoms with E-state index in [0.717, 1.165) is 6.54 Å². The van der Waals surface area contributed by atoms with Gasteiger partial charge in [0.1, 0.15) is 0 Å². The molecule has 94 valence electrons. The van der Waals surface area contributed by atoms with Crippen LogP contribution >= 0.6 is 0 Å². The third kappa shape index (κ3) is 4.57. The summed E-state index contributed by atoms with van der Waals surface area (Å²) in [6, 6.07) is 10.1. The molecule has 0 spiro atoms. The maximum absolute atomic E-state index is 11.1. The van der Waals surface area contributed by atoms with Crippen molar-refractivity contribution in [2.75, 3.05) is 13.6 Å². The molecule has 0 aliphatic carbocycles. The second kappa shape index (κ2) is 6.40. The van der Waals surface area contributed by atoms with Gasteiger partial charge in [-0.05, 0) is 18.5 Å². The zero-order chi connectivity index (χ0) is 12.8. The maximum atomic E-state index is 11.1. The highest BCUT2D eigenvalue weighted by Gasteiger charge is 2.22. The Morgan fingerprint density at radius 1 is 1.29 bits per heavy atom. The fourth-order valence-corrected chi connectivity index (χ4v) is 1.87. The van der Waals surface area contributed by atoms with Crippen LogP contribution in [-0.4, -0.2) is 29.6 Å². The minimum atomic E-state index is -0.708. The molecule has 0 bridgehead atoms. The molecule has 0 heterocycles. The molecule has 1 N–H and O–H groups in total. The van der Waals surface area contributed by atoms with Crippen LogP contribution in [0, 0.1) is 11.8 Å². The average Bonchev–Trinajstić information content (AvgIpc) is 2.26. The van der Waals surface area contributed by atoms with Crippen molar-refractivity contribution < 1.29 is 9.90 Å². The Bertz CT molecular complexity index is 348. The minimum absolute atomic E-state index is 0.158. The van der Waals surface area contributed by atoms with Crippen LogP contribution in [0.3, 0.4) is 0 Å². The van der Waals surface area contributed by atoms with E-state index in [9.17, 15) is 4.79 Å². The quantitative estimate of drug-likeness (QED) is 0.823. The molecule has 0 fully saturated rings. The second-order valence-corrected chi connectivity index (χ2v) is 4.87. The van der Waals surface area contributed by atoms with Gasteiger partial charge in [-0.15, -0.1) is 0 Å². The molecule has 17 heavy (non-hydrogen) atoms. The van der Waals surface area contributed by atoms with Crippen molar-refractivity contribution in [3.05, 3.63) is 35.9 Å². The summed E-state index contributed by atoms with van der Waals surface area (Å²) < 4.78 is 0. The van der Waals surface area contributed by atoms with Gasteiger partial charge in [-0.3, -0.25) is 4.79 Å². The first kappa shape index (κ1) is 13.7. The molecular weight excluding hydrogens is 214 g/mol. The van der Waals surface area contributed by atoms with Gasteiger partial charge < -0.3 is 10.0 Å². The molecule has 0 aromatic heterocycles. The lowest BCUT2D eigenvalue weighted by atomic mass is 9.95. The minimum Gasteiger partial charge on any atom is -0.481 e. The maximum Gasteiger partial charge on any atom is 0.308 e.